The summed E-state index contributed by atoms with van der Waals surface area (Å²) in [6.45, 7) is 10.4. The number of sulfonamides is 1. The average molecular weight is 1020 g/mol. The van der Waals surface area contributed by atoms with Crippen LogP contribution < -0.4 is 25.2 Å². The van der Waals surface area contributed by atoms with Gasteiger partial charge in [0.2, 0.25) is 21.8 Å². The van der Waals surface area contributed by atoms with Gasteiger partial charge in [-0.15, -0.1) is 11.3 Å². The van der Waals surface area contributed by atoms with Crippen molar-refractivity contribution in [1.82, 2.24) is 24.5 Å². The first-order valence-corrected chi connectivity index (χ1v) is 27.0. The van der Waals surface area contributed by atoms with Crippen molar-refractivity contribution in [2.24, 2.45) is 11.3 Å². The van der Waals surface area contributed by atoms with Crippen molar-refractivity contribution < 1.29 is 41.8 Å². The van der Waals surface area contributed by atoms with Gasteiger partial charge < -0.3 is 35.1 Å². The number of carbonyl (C=O) groups excluding carboxylic acids is 4. The van der Waals surface area contributed by atoms with E-state index in [2.05, 4.69) is 23.9 Å². The van der Waals surface area contributed by atoms with Crippen LogP contribution in [0.5, 0.6) is 11.5 Å². The molecule has 19 heteroatoms. The number of ether oxygens (including phenoxy) is 3. The van der Waals surface area contributed by atoms with Crippen molar-refractivity contribution in [2.75, 3.05) is 51.0 Å². The Labute approximate surface area is 419 Å². The Morgan fingerprint density at radius 1 is 1.04 bits per heavy atom. The highest BCUT2D eigenvalue weighted by Gasteiger charge is 2.62. The number of pyridine rings is 1. The van der Waals surface area contributed by atoms with E-state index in [4.69, 9.17) is 41.5 Å². The Balaban J connectivity index is 0.000000659. The van der Waals surface area contributed by atoms with Crippen molar-refractivity contribution in [3.8, 4) is 22.2 Å². The number of morpholine rings is 1. The molecule has 5 atom stereocenters. The van der Waals surface area contributed by atoms with Crippen molar-refractivity contribution in [3.63, 3.8) is 0 Å². The molecule has 2 aliphatic carbocycles. The number of thiazole rings is 1. The van der Waals surface area contributed by atoms with E-state index in [0.717, 1.165) is 47.3 Å². The molecular weight excluding hydrogens is 954 g/mol. The number of fused-ring (bicyclic) bond motifs is 3. The number of halogens is 1. The molecule has 2 aromatic heterocycles. The number of hydrogen-bond acceptors (Lipinski definition) is 14. The molecule has 2 saturated heterocycles. The summed E-state index contributed by atoms with van der Waals surface area (Å²) < 4.78 is 45.6. The van der Waals surface area contributed by atoms with Gasteiger partial charge in [-0.25, -0.2) is 18.4 Å². The van der Waals surface area contributed by atoms with Crippen molar-refractivity contribution in [1.29, 1.82) is 0 Å². The molecule has 16 nitrogen and oxygen atoms in total. The van der Waals surface area contributed by atoms with Crippen molar-refractivity contribution in [3.05, 3.63) is 71.3 Å². The summed E-state index contributed by atoms with van der Waals surface area (Å²) in [6, 6.07) is 11.3. The Kier molecular flexibility index (Phi) is 15.5. The fourth-order valence-corrected chi connectivity index (χ4v) is 12.0. The van der Waals surface area contributed by atoms with Gasteiger partial charge in [-0.05, 0) is 106 Å². The maximum Gasteiger partial charge on any atom is 0.316 e. The zero-order valence-electron chi connectivity index (χ0n) is 40.5. The number of benzene rings is 2. The van der Waals surface area contributed by atoms with E-state index in [-0.39, 0.29) is 48.3 Å². The van der Waals surface area contributed by atoms with Crippen LogP contribution in [0.4, 0.5) is 16.2 Å². The summed E-state index contributed by atoms with van der Waals surface area (Å²) in [5, 5.41) is 6.58. The molecule has 0 spiro atoms. The van der Waals surface area contributed by atoms with Gasteiger partial charge in [-0.3, -0.25) is 23.9 Å². The molecule has 2 saturated carbocycles. The summed E-state index contributed by atoms with van der Waals surface area (Å²) in [6.07, 6.45) is 8.47. The van der Waals surface area contributed by atoms with Gasteiger partial charge in [-0.1, -0.05) is 44.9 Å². The Morgan fingerprint density at radius 3 is 2.49 bits per heavy atom. The van der Waals surface area contributed by atoms with Gasteiger partial charge in [-0.2, -0.15) is 0 Å². The summed E-state index contributed by atoms with van der Waals surface area (Å²) in [5.41, 5.74) is 9.27. The normalized spacial score (nSPS) is 25.1. The van der Waals surface area contributed by atoms with E-state index >= 15 is 0 Å². The number of nitrogens with zero attached hydrogens (tertiary/aromatic N) is 4. The molecular formula is C51H64ClN7O9S2. The standard InChI is InChI=1S/C46H56N6O7S2.C5H8ClNO2/c1-27(2)36-26-60-42(50-36)35-22-40(33-16-17-39(58-5)28(3)41(33)49-35)59-32-21-37-38(53)24-46(44(55)51-61(56,57)45(4)18-19-45)23-29(46)12-9-7-6-8-10-15-34(43(54)52(37)25-32)48-31-14-11-13-30(47)20-31;6-5(8)7-1-3-9-4-2-7/h9,11-14,16-17,20,22,26-27,29,32,34,37,48H,6-8,10,15,18-19,21,23-25,47H2,1-5H3,(H,51,55);1-4H2/b12-9-;/t29-,32-,34+,37+,46-;/m1./s1. The lowest BCUT2D eigenvalue weighted by molar-refractivity contribution is -0.139. The lowest BCUT2D eigenvalue weighted by atomic mass is 9.91. The molecule has 0 radical (unpaired) electrons. The molecule has 0 bridgehead atoms. The zero-order chi connectivity index (χ0) is 50.0. The molecule has 3 aliphatic heterocycles. The summed E-state index contributed by atoms with van der Waals surface area (Å²) in [7, 11) is -2.33. The maximum absolute atomic E-state index is 15.0. The van der Waals surface area contributed by atoms with Crippen LogP contribution in [0, 0.1) is 18.3 Å². The molecule has 4 aromatic rings. The molecule has 70 heavy (non-hydrogen) atoms. The number of methoxy groups -OCH3 is 1. The van der Waals surface area contributed by atoms with Gasteiger partial charge in [0.1, 0.15) is 34.3 Å². The first-order valence-electron chi connectivity index (χ1n) is 24.2. The van der Waals surface area contributed by atoms with Gasteiger partial charge in [0, 0.05) is 59.7 Å². The predicted octanol–water partition coefficient (Wildman–Crippen LogP) is 8.37. The number of nitrogens with two attached hydrogens (primary N) is 1. The molecule has 9 rings (SSSR count). The summed E-state index contributed by atoms with van der Waals surface area (Å²) in [4.78, 5) is 67.5. The third-order valence-corrected chi connectivity index (χ3v) is 17.6. The van der Waals surface area contributed by atoms with Gasteiger partial charge in [0.05, 0.1) is 54.3 Å². The van der Waals surface area contributed by atoms with Crippen LogP contribution in [0.25, 0.3) is 21.6 Å². The summed E-state index contributed by atoms with van der Waals surface area (Å²) in [5.74, 6) is -0.0562. The van der Waals surface area contributed by atoms with Crippen LogP contribution in [-0.4, -0.2) is 114 Å². The number of aryl methyl sites for hydroxylation is 1. The third kappa shape index (κ3) is 11.2. The minimum absolute atomic E-state index is 0.114. The fourth-order valence-electron chi connectivity index (χ4n) is 9.51. The van der Waals surface area contributed by atoms with Gasteiger partial charge >= 0.3 is 5.37 Å². The highest BCUT2D eigenvalue weighted by molar-refractivity contribution is 7.91. The van der Waals surface area contributed by atoms with Crippen LogP contribution in [0.2, 0.25) is 0 Å². The Bertz CT molecular complexity index is 2760. The molecule has 376 valence electrons. The minimum Gasteiger partial charge on any atom is -0.496 e. The Hall–Kier alpha value is -5.30. The second-order valence-corrected chi connectivity index (χ2v) is 23.1. The van der Waals surface area contributed by atoms with Crippen LogP contribution in [0.15, 0.2) is 60.0 Å². The van der Waals surface area contributed by atoms with Crippen molar-refractivity contribution >= 4 is 78.2 Å². The molecule has 5 aliphatic rings. The van der Waals surface area contributed by atoms with E-state index in [0.29, 0.717) is 86.1 Å². The second-order valence-electron chi connectivity index (χ2n) is 19.7. The quantitative estimate of drug-likeness (QED) is 0.0590. The second kappa shape index (κ2) is 21.2. The van der Waals surface area contributed by atoms with E-state index in [9.17, 15) is 27.6 Å². The number of ketones is 1. The molecule has 0 unspecified atom stereocenters. The minimum atomic E-state index is -3.95. The first-order chi connectivity index (χ1) is 33.4. The highest BCUT2D eigenvalue weighted by Crippen LogP contribution is 2.58. The topological polar surface area (TPSA) is 212 Å². The first kappa shape index (κ1) is 51.1. The van der Waals surface area contributed by atoms with E-state index in [1.54, 1.807) is 36.0 Å². The maximum atomic E-state index is 15.0. The number of carbonyl (C=O) groups is 4. The predicted molar refractivity (Wildman–Crippen MR) is 272 cm³/mol. The van der Waals surface area contributed by atoms with Gasteiger partial charge in [0.15, 0.2) is 5.78 Å². The monoisotopic (exact) mass is 1020 g/mol. The number of nitrogen functional groups attached to an aromatic ring is 1. The fraction of sp³-hybridized carbons (Fsp3) is 0.529. The molecule has 4 N–H and O–H groups in total. The molecule has 3 amide bonds. The van der Waals surface area contributed by atoms with E-state index in [1.807, 2.05) is 54.8 Å². The number of Topliss-reactive ketones (excluding diaryl/α,β-unsaturated/α-hetero) is 1. The number of hydrogen-bond donors (Lipinski definition) is 3. The average Bonchev–Trinajstić information content (AvgIpc) is 4.11. The van der Waals surface area contributed by atoms with E-state index < -0.39 is 44.3 Å². The van der Waals surface area contributed by atoms with Crippen molar-refractivity contribution in [2.45, 2.75) is 121 Å². The van der Waals surface area contributed by atoms with E-state index in [1.165, 1.54) is 11.3 Å². The lowest BCUT2D eigenvalue weighted by Gasteiger charge is -2.30. The van der Waals surface area contributed by atoms with Crippen LogP contribution in [0.1, 0.15) is 102 Å². The third-order valence-electron chi connectivity index (χ3n) is 14.3. The zero-order valence-corrected chi connectivity index (χ0v) is 42.9. The van der Waals surface area contributed by atoms with Crippen LogP contribution in [0.3, 0.4) is 0 Å². The van der Waals surface area contributed by atoms with Gasteiger partial charge in [0.25, 0.3) is 0 Å². The van der Waals surface area contributed by atoms with Crippen LogP contribution in [-0.2, 0) is 29.1 Å². The number of anilines is 2. The number of rotatable bonds is 10. The number of amides is 3. The highest BCUT2D eigenvalue weighted by atomic mass is 35.5. The van der Waals surface area contributed by atoms with Crippen LogP contribution >= 0.6 is 22.9 Å². The Morgan fingerprint density at radius 2 is 1.81 bits per heavy atom. The summed E-state index contributed by atoms with van der Waals surface area (Å²) >= 11 is 6.70. The lowest BCUT2D eigenvalue weighted by Crippen LogP contribution is -2.49. The molecule has 2 aromatic carbocycles. The number of allylic oxidation sites excluding steroid dienone is 2. The number of aromatic nitrogens is 2. The SMILES string of the molecule is COc1ccc2c(O[C@@H]3C[C@H]4C(=O)C[C@]5(C(=O)NS(=O)(=O)C6(C)CC6)C[C@H]5/C=C\CCCCC[C@H](Nc5cccc(N)c5)C(=O)N4C3)cc(-c3nc(C(C)C)cs3)nc2c1C.O=C(Cl)N1CCOCC1. The largest absolute Gasteiger partial charge is 0.496 e. The molecule has 5 heterocycles. The smallest absolute Gasteiger partial charge is 0.316 e. The molecule has 4 fully saturated rings. The number of nitrogens with one attached hydrogen (secondary N) is 2.